The molecular weight excluding hydrogens is 248 g/mol. The van der Waals surface area contributed by atoms with Crippen LogP contribution in [0.3, 0.4) is 0 Å². The molecule has 1 saturated carbocycles. The highest BCUT2D eigenvalue weighted by Crippen LogP contribution is 2.44. The van der Waals surface area contributed by atoms with Crippen molar-refractivity contribution < 1.29 is 4.79 Å². The molecule has 0 saturated heterocycles. The van der Waals surface area contributed by atoms with Crippen LogP contribution in [0.25, 0.3) is 0 Å². The van der Waals surface area contributed by atoms with Crippen molar-refractivity contribution in [3.63, 3.8) is 0 Å². The second-order valence-electron chi connectivity index (χ2n) is 6.79. The van der Waals surface area contributed by atoms with E-state index in [0.717, 1.165) is 37.1 Å². The van der Waals surface area contributed by atoms with E-state index in [2.05, 4.69) is 31.9 Å². The highest BCUT2D eigenvalue weighted by molar-refractivity contribution is 5.86. The van der Waals surface area contributed by atoms with Crippen molar-refractivity contribution >= 4 is 5.78 Å². The van der Waals surface area contributed by atoms with Gasteiger partial charge in [-0.1, -0.05) is 33.6 Å². The van der Waals surface area contributed by atoms with E-state index in [1.54, 1.807) is 0 Å². The first kappa shape index (κ1) is 15.3. The van der Waals surface area contributed by atoms with Gasteiger partial charge in [-0.3, -0.25) is 9.48 Å². The van der Waals surface area contributed by atoms with Gasteiger partial charge in [0.1, 0.15) is 5.78 Å². The monoisotopic (exact) mass is 276 g/mol. The van der Waals surface area contributed by atoms with Gasteiger partial charge >= 0.3 is 0 Å². The van der Waals surface area contributed by atoms with Crippen LogP contribution in [0.4, 0.5) is 0 Å². The summed E-state index contributed by atoms with van der Waals surface area (Å²) in [6.45, 7) is 6.56. The SMILES string of the molecule is CCc1cc(CC(=O)C2(CC(C)C)CCCC2)n(C)n1. The van der Waals surface area contributed by atoms with Crippen molar-refractivity contribution in [3.05, 3.63) is 17.5 Å². The third-order valence-electron chi connectivity index (χ3n) is 4.68. The Hall–Kier alpha value is -1.12. The van der Waals surface area contributed by atoms with Crippen LogP contribution in [0.2, 0.25) is 0 Å². The molecule has 2 rings (SSSR count). The molecule has 112 valence electrons. The number of Topliss-reactive ketones (excluding diaryl/α,β-unsaturated/α-hetero) is 1. The second-order valence-corrected chi connectivity index (χ2v) is 6.79. The van der Waals surface area contributed by atoms with Gasteiger partial charge in [0.15, 0.2) is 0 Å². The third-order valence-corrected chi connectivity index (χ3v) is 4.68. The minimum atomic E-state index is -0.0508. The molecule has 0 amide bonds. The van der Waals surface area contributed by atoms with Crippen LogP contribution in [0.15, 0.2) is 6.07 Å². The van der Waals surface area contributed by atoms with Gasteiger partial charge in [0.25, 0.3) is 0 Å². The fourth-order valence-corrected chi connectivity index (χ4v) is 3.69. The van der Waals surface area contributed by atoms with Gasteiger partial charge in [0.2, 0.25) is 0 Å². The molecule has 0 bridgehead atoms. The quantitative estimate of drug-likeness (QED) is 0.794. The predicted molar refractivity (Wildman–Crippen MR) is 81.7 cm³/mol. The normalized spacial score (nSPS) is 17.9. The maximum atomic E-state index is 12.9. The molecule has 1 fully saturated rings. The number of carbonyl (C=O) groups excluding carboxylic acids is 1. The Morgan fingerprint density at radius 1 is 1.40 bits per heavy atom. The average Bonchev–Trinajstić information content (AvgIpc) is 2.97. The molecule has 20 heavy (non-hydrogen) atoms. The topological polar surface area (TPSA) is 34.9 Å². The largest absolute Gasteiger partial charge is 0.299 e. The first-order valence-electron chi connectivity index (χ1n) is 8.02. The Morgan fingerprint density at radius 3 is 2.55 bits per heavy atom. The minimum Gasteiger partial charge on any atom is -0.299 e. The lowest BCUT2D eigenvalue weighted by Crippen LogP contribution is -2.31. The van der Waals surface area contributed by atoms with Gasteiger partial charge in [0.05, 0.1) is 5.69 Å². The van der Waals surface area contributed by atoms with Crippen LogP contribution in [-0.2, 0) is 24.7 Å². The second kappa shape index (κ2) is 6.11. The average molecular weight is 276 g/mol. The summed E-state index contributed by atoms with van der Waals surface area (Å²) in [5.74, 6) is 1.03. The van der Waals surface area contributed by atoms with Gasteiger partial charge in [-0.2, -0.15) is 5.10 Å². The van der Waals surface area contributed by atoms with Crippen molar-refractivity contribution in [3.8, 4) is 0 Å². The summed E-state index contributed by atoms with van der Waals surface area (Å²) in [5.41, 5.74) is 2.10. The van der Waals surface area contributed by atoms with Gasteiger partial charge in [-0.05, 0) is 37.7 Å². The molecule has 0 atom stereocenters. The molecule has 0 radical (unpaired) electrons. The number of rotatable bonds is 6. The molecule has 3 nitrogen and oxygen atoms in total. The van der Waals surface area contributed by atoms with E-state index in [-0.39, 0.29) is 5.41 Å². The Kier molecular flexibility index (Phi) is 4.66. The van der Waals surface area contributed by atoms with E-state index in [0.29, 0.717) is 18.1 Å². The van der Waals surface area contributed by atoms with Crippen LogP contribution in [0, 0.1) is 11.3 Å². The van der Waals surface area contributed by atoms with Gasteiger partial charge in [-0.25, -0.2) is 0 Å². The summed E-state index contributed by atoms with van der Waals surface area (Å²) in [7, 11) is 1.95. The first-order chi connectivity index (χ1) is 9.47. The maximum absolute atomic E-state index is 12.9. The summed E-state index contributed by atoms with van der Waals surface area (Å²) < 4.78 is 1.88. The van der Waals surface area contributed by atoms with E-state index < -0.39 is 0 Å². The predicted octanol–water partition coefficient (Wildman–Crippen LogP) is 3.70. The molecule has 1 aliphatic rings. The zero-order valence-electron chi connectivity index (χ0n) is 13.4. The molecule has 0 spiro atoms. The van der Waals surface area contributed by atoms with Crippen LogP contribution in [0.1, 0.15) is 64.3 Å². The van der Waals surface area contributed by atoms with E-state index in [4.69, 9.17) is 0 Å². The highest BCUT2D eigenvalue weighted by atomic mass is 16.1. The number of ketones is 1. The molecule has 1 aromatic heterocycles. The van der Waals surface area contributed by atoms with Gasteiger partial charge in [0, 0.05) is 24.6 Å². The maximum Gasteiger partial charge on any atom is 0.144 e. The molecule has 1 aromatic rings. The zero-order valence-corrected chi connectivity index (χ0v) is 13.4. The molecule has 0 unspecified atom stereocenters. The minimum absolute atomic E-state index is 0.0508. The molecule has 1 heterocycles. The molecule has 0 N–H and O–H groups in total. The Morgan fingerprint density at radius 2 is 2.05 bits per heavy atom. The molecule has 3 heteroatoms. The summed E-state index contributed by atoms with van der Waals surface area (Å²) in [4.78, 5) is 12.9. The number of nitrogens with zero attached hydrogens (tertiary/aromatic N) is 2. The smallest absolute Gasteiger partial charge is 0.144 e. The fraction of sp³-hybridized carbons (Fsp3) is 0.765. The third kappa shape index (κ3) is 3.13. The van der Waals surface area contributed by atoms with Crippen molar-refractivity contribution in [2.45, 2.75) is 65.7 Å². The van der Waals surface area contributed by atoms with E-state index >= 15 is 0 Å². The van der Waals surface area contributed by atoms with Crippen LogP contribution >= 0.6 is 0 Å². The molecule has 1 aliphatic carbocycles. The summed E-state index contributed by atoms with van der Waals surface area (Å²) >= 11 is 0. The zero-order chi connectivity index (χ0) is 14.8. The summed E-state index contributed by atoms with van der Waals surface area (Å²) in [6.07, 6.45) is 7.12. The lowest BCUT2D eigenvalue weighted by atomic mass is 9.74. The molecule has 0 aromatic carbocycles. The van der Waals surface area contributed by atoms with Crippen molar-refractivity contribution in [2.24, 2.45) is 18.4 Å². The van der Waals surface area contributed by atoms with Crippen molar-refractivity contribution in [1.82, 2.24) is 9.78 Å². The van der Waals surface area contributed by atoms with Crippen LogP contribution < -0.4 is 0 Å². The van der Waals surface area contributed by atoms with E-state index in [1.165, 1.54) is 12.8 Å². The first-order valence-corrected chi connectivity index (χ1v) is 8.02. The fourth-order valence-electron chi connectivity index (χ4n) is 3.69. The van der Waals surface area contributed by atoms with Crippen LogP contribution in [-0.4, -0.2) is 15.6 Å². The lowest BCUT2D eigenvalue weighted by molar-refractivity contribution is -0.128. The van der Waals surface area contributed by atoms with E-state index in [1.807, 2.05) is 11.7 Å². The highest BCUT2D eigenvalue weighted by Gasteiger charge is 2.40. The number of hydrogen-bond donors (Lipinski definition) is 0. The Labute approximate surface area is 122 Å². The van der Waals surface area contributed by atoms with E-state index in [9.17, 15) is 4.79 Å². The van der Waals surface area contributed by atoms with Gasteiger partial charge < -0.3 is 0 Å². The van der Waals surface area contributed by atoms with Crippen molar-refractivity contribution in [2.75, 3.05) is 0 Å². The number of carbonyl (C=O) groups is 1. The van der Waals surface area contributed by atoms with Gasteiger partial charge in [-0.15, -0.1) is 0 Å². The van der Waals surface area contributed by atoms with Crippen LogP contribution in [0.5, 0.6) is 0 Å². The summed E-state index contributed by atoms with van der Waals surface area (Å²) in [6, 6.07) is 2.09. The Balaban J connectivity index is 2.14. The number of aryl methyl sites for hydroxylation is 2. The Bertz CT molecular complexity index is 467. The number of aromatic nitrogens is 2. The molecular formula is C17H28N2O. The molecule has 0 aliphatic heterocycles. The lowest BCUT2D eigenvalue weighted by Gasteiger charge is -2.29. The number of hydrogen-bond acceptors (Lipinski definition) is 2. The summed E-state index contributed by atoms with van der Waals surface area (Å²) in [5, 5.41) is 4.46. The standard InChI is InChI=1S/C17H28N2O/c1-5-14-10-15(19(4)18-14)11-16(20)17(12-13(2)3)8-6-7-9-17/h10,13H,5-9,11-12H2,1-4H3. The van der Waals surface area contributed by atoms with Crippen molar-refractivity contribution in [1.29, 1.82) is 0 Å².